The molecule has 0 aliphatic carbocycles. The van der Waals surface area contributed by atoms with Gasteiger partial charge in [-0.2, -0.15) is 0 Å². The predicted molar refractivity (Wildman–Crippen MR) is 64.6 cm³/mol. The molecule has 21 heavy (non-hydrogen) atoms. The molecule has 0 radical (unpaired) electrons. The van der Waals surface area contributed by atoms with E-state index in [4.69, 9.17) is 15.3 Å². The summed E-state index contributed by atoms with van der Waals surface area (Å²) in [6.07, 6.45) is -11.2. The third kappa shape index (κ3) is 6.16. The summed E-state index contributed by atoms with van der Waals surface area (Å²) in [4.78, 5) is 21.6. The van der Waals surface area contributed by atoms with Crippen LogP contribution in [0.15, 0.2) is 12.2 Å². The Morgan fingerprint density at radius 2 is 1.52 bits per heavy atom. The van der Waals surface area contributed by atoms with Gasteiger partial charge in [0, 0.05) is 5.57 Å². The van der Waals surface area contributed by atoms with Gasteiger partial charge in [0.15, 0.2) is 0 Å². The van der Waals surface area contributed by atoms with E-state index < -0.39 is 61.2 Å². The van der Waals surface area contributed by atoms with Crippen LogP contribution in [0.4, 0.5) is 0 Å². The smallest absolute Gasteiger partial charge is 0.336 e. The molecule has 0 aliphatic rings. The molecule has 0 amide bonds. The first-order valence-electron chi connectivity index (χ1n) is 5.73. The van der Waals surface area contributed by atoms with E-state index in [0.717, 1.165) is 0 Å². The van der Waals surface area contributed by atoms with Crippen LogP contribution in [0.2, 0.25) is 0 Å². The monoisotopic (exact) mass is 310 g/mol. The van der Waals surface area contributed by atoms with Crippen LogP contribution >= 0.6 is 0 Å². The average molecular weight is 310 g/mol. The number of rotatable bonds is 9. The lowest BCUT2D eigenvalue weighted by Crippen LogP contribution is -2.51. The molecule has 1 unspecified atom stereocenters. The largest absolute Gasteiger partial charge is 0.481 e. The minimum Gasteiger partial charge on any atom is -0.481 e. The number of carbonyl (C=O) groups excluding carboxylic acids is 1. The maximum atomic E-state index is 11.3. The normalized spacial score (nSPS) is 18.2. The molecule has 0 saturated heterocycles. The van der Waals surface area contributed by atoms with Gasteiger partial charge in [-0.1, -0.05) is 6.58 Å². The van der Waals surface area contributed by atoms with Gasteiger partial charge in [0.05, 0.1) is 13.0 Å². The van der Waals surface area contributed by atoms with Crippen molar-refractivity contribution < 1.29 is 50.1 Å². The molecule has 0 bridgehead atoms. The van der Waals surface area contributed by atoms with E-state index in [0.29, 0.717) is 0 Å². The maximum Gasteiger partial charge on any atom is 0.336 e. The highest BCUT2D eigenvalue weighted by Crippen LogP contribution is 2.11. The van der Waals surface area contributed by atoms with Crippen LogP contribution < -0.4 is 0 Å². The number of carbonyl (C=O) groups is 2. The first kappa shape index (κ1) is 19.4. The molecule has 0 heterocycles. The van der Waals surface area contributed by atoms with Crippen molar-refractivity contribution in [3.8, 4) is 0 Å². The van der Waals surface area contributed by atoms with Crippen LogP contribution in [-0.2, 0) is 14.3 Å². The van der Waals surface area contributed by atoms with Crippen LogP contribution in [0.3, 0.4) is 0 Å². The molecule has 7 N–H and O–H groups in total. The lowest BCUT2D eigenvalue weighted by molar-refractivity contribution is -0.211. The maximum absolute atomic E-state index is 11.3. The van der Waals surface area contributed by atoms with Crippen LogP contribution in [0, 0.1) is 0 Å². The highest BCUT2D eigenvalue weighted by Gasteiger charge is 2.36. The van der Waals surface area contributed by atoms with Gasteiger partial charge >= 0.3 is 11.9 Å². The van der Waals surface area contributed by atoms with Gasteiger partial charge in [-0.25, -0.2) is 4.79 Å². The summed E-state index contributed by atoms with van der Waals surface area (Å²) in [6.45, 7) is 2.18. The second kappa shape index (κ2) is 8.67. The molecule has 0 saturated carbocycles. The SMILES string of the molecule is C=C(CC(=O)O)C(=O)OC(O)[C@H](O)[C@@H](O)[C@H](O)[C@H](O)CO. The van der Waals surface area contributed by atoms with Gasteiger partial charge in [0.1, 0.15) is 24.4 Å². The summed E-state index contributed by atoms with van der Waals surface area (Å²) in [5, 5.41) is 63.5. The Kier molecular flexibility index (Phi) is 8.02. The number of aliphatic carboxylic acids is 1. The van der Waals surface area contributed by atoms with Gasteiger partial charge in [0.2, 0.25) is 6.29 Å². The van der Waals surface area contributed by atoms with E-state index in [9.17, 15) is 30.0 Å². The van der Waals surface area contributed by atoms with E-state index in [1.165, 1.54) is 0 Å². The number of esters is 1. The van der Waals surface area contributed by atoms with Gasteiger partial charge in [-0.15, -0.1) is 0 Å². The molecule has 10 heteroatoms. The number of aliphatic hydroxyl groups excluding tert-OH is 6. The highest BCUT2D eigenvalue weighted by atomic mass is 16.6. The third-order valence-corrected chi connectivity index (χ3v) is 2.45. The van der Waals surface area contributed by atoms with Crippen LogP contribution in [0.25, 0.3) is 0 Å². The third-order valence-electron chi connectivity index (χ3n) is 2.45. The summed E-state index contributed by atoms with van der Waals surface area (Å²) in [6, 6.07) is 0. The number of carboxylic acid groups (broad SMARTS) is 1. The molecule has 0 aromatic rings. The second-order valence-corrected chi connectivity index (χ2v) is 4.19. The van der Waals surface area contributed by atoms with Crippen molar-refractivity contribution in [2.24, 2.45) is 0 Å². The topological polar surface area (TPSA) is 185 Å². The van der Waals surface area contributed by atoms with Gasteiger partial charge in [-0.3, -0.25) is 4.79 Å². The predicted octanol–water partition coefficient (Wildman–Crippen LogP) is -3.69. The summed E-state index contributed by atoms with van der Waals surface area (Å²) in [7, 11) is 0. The Labute approximate surface area is 119 Å². The number of ether oxygens (including phenoxy) is 1. The van der Waals surface area contributed by atoms with Crippen molar-refractivity contribution in [1.82, 2.24) is 0 Å². The zero-order chi connectivity index (χ0) is 16.7. The van der Waals surface area contributed by atoms with E-state index in [1.54, 1.807) is 0 Å². The number of carboxylic acids is 1. The van der Waals surface area contributed by atoms with E-state index in [2.05, 4.69) is 11.3 Å². The zero-order valence-electron chi connectivity index (χ0n) is 10.9. The lowest BCUT2D eigenvalue weighted by atomic mass is 10.0. The van der Waals surface area contributed by atoms with Crippen molar-refractivity contribution in [2.75, 3.05) is 6.61 Å². The average Bonchev–Trinajstić information content (AvgIpc) is 2.42. The Balaban J connectivity index is 4.57. The first-order valence-corrected chi connectivity index (χ1v) is 5.73. The van der Waals surface area contributed by atoms with Gasteiger partial charge in [0.25, 0.3) is 0 Å². The molecule has 10 nitrogen and oxygen atoms in total. The molecular weight excluding hydrogens is 292 g/mol. The van der Waals surface area contributed by atoms with Crippen molar-refractivity contribution in [1.29, 1.82) is 0 Å². The van der Waals surface area contributed by atoms with E-state index in [1.807, 2.05) is 0 Å². The summed E-state index contributed by atoms with van der Waals surface area (Å²) < 4.78 is 4.25. The molecule has 122 valence electrons. The minimum absolute atomic E-state index is 0.515. The summed E-state index contributed by atoms with van der Waals surface area (Å²) in [5.41, 5.74) is -0.515. The van der Waals surface area contributed by atoms with Crippen molar-refractivity contribution in [2.45, 2.75) is 37.1 Å². The zero-order valence-corrected chi connectivity index (χ0v) is 10.9. The Morgan fingerprint density at radius 1 is 1.00 bits per heavy atom. The first-order chi connectivity index (χ1) is 9.61. The van der Waals surface area contributed by atoms with Crippen LogP contribution in [0.1, 0.15) is 6.42 Å². The standard InChI is InChI=1S/C11H18O10/c1-4(2-6(14)15)10(19)21-11(20)9(18)8(17)7(16)5(13)3-12/h5,7-9,11-13,16-18,20H,1-3H2,(H,14,15)/t5-,7-,8+,9-,11?/m1/s1. The minimum atomic E-state index is -2.31. The molecule has 0 rings (SSSR count). The highest BCUT2D eigenvalue weighted by molar-refractivity contribution is 5.92. The number of hydrogen-bond donors (Lipinski definition) is 7. The van der Waals surface area contributed by atoms with Crippen molar-refractivity contribution in [3.05, 3.63) is 12.2 Å². The quantitative estimate of drug-likeness (QED) is 0.127. The summed E-state index contributed by atoms with van der Waals surface area (Å²) >= 11 is 0. The summed E-state index contributed by atoms with van der Waals surface area (Å²) in [5.74, 6) is -2.69. The Hall–Kier alpha value is -1.56. The molecular formula is C11H18O10. The number of hydrogen-bond acceptors (Lipinski definition) is 9. The Morgan fingerprint density at radius 3 is 1.95 bits per heavy atom. The van der Waals surface area contributed by atoms with Crippen molar-refractivity contribution >= 4 is 11.9 Å². The second-order valence-electron chi connectivity index (χ2n) is 4.19. The van der Waals surface area contributed by atoms with Crippen LogP contribution in [0.5, 0.6) is 0 Å². The fraction of sp³-hybridized carbons (Fsp3) is 0.636. The molecule has 0 fully saturated rings. The van der Waals surface area contributed by atoms with E-state index in [-0.39, 0.29) is 0 Å². The van der Waals surface area contributed by atoms with E-state index >= 15 is 0 Å². The fourth-order valence-corrected chi connectivity index (χ4v) is 1.22. The molecule has 0 aromatic heterocycles. The van der Waals surface area contributed by atoms with Gasteiger partial charge in [-0.05, 0) is 0 Å². The Bertz CT molecular complexity index is 381. The van der Waals surface area contributed by atoms with Crippen LogP contribution in [-0.4, -0.2) is 85.0 Å². The lowest BCUT2D eigenvalue weighted by Gasteiger charge is -2.28. The van der Waals surface area contributed by atoms with Gasteiger partial charge < -0.3 is 40.5 Å². The molecule has 0 aliphatic heterocycles. The fourth-order valence-electron chi connectivity index (χ4n) is 1.22. The number of aliphatic hydroxyl groups is 6. The molecule has 0 aromatic carbocycles. The van der Waals surface area contributed by atoms with Crippen molar-refractivity contribution in [3.63, 3.8) is 0 Å². The molecule has 0 spiro atoms. The molecule has 5 atom stereocenters.